The second-order valence-electron chi connectivity index (χ2n) is 6.54. The van der Waals surface area contributed by atoms with Crippen LogP contribution in [0.5, 0.6) is 0 Å². The van der Waals surface area contributed by atoms with Gasteiger partial charge in [-0.15, -0.1) is 0 Å². The van der Waals surface area contributed by atoms with Crippen molar-refractivity contribution >= 4 is 43.5 Å². The second kappa shape index (κ2) is 7.00. The lowest BCUT2D eigenvalue weighted by atomic mass is 10.1. The van der Waals surface area contributed by atoms with E-state index in [1.165, 1.54) is 11.3 Å². The van der Waals surface area contributed by atoms with Crippen LogP contribution in [0, 0.1) is 0 Å². The van der Waals surface area contributed by atoms with Gasteiger partial charge in [0.25, 0.3) is 5.91 Å². The number of benzene rings is 3. The number of hydrogen-bond donors (Lipinski definition) is 1. The molecule has 0 unspecified atom stereocenters. The van der Waals surface area contributed by atoms with Crippen molar-refractivity contribution in [3.8, 4) is 5.69 Å². The third-order valence-corrected chi connectivity index (χ3v) is 5.66. The first-order valence-corrected chi connectivity index (χ1v) is 9.89. The van der Waals surface area contributed by atoms with Crippen LogP contribution in [0.25, 0.3) is 26.8 Å². The Morgan fingerprint density at radius 1 is 0.897 bits per heavy atom. The van der Waals surface area contributed by atoms with Crippen molar-refractivity contribution in [2.75, 3.05) is 5.32 Å². The highest BCUT2D eigenvalue weighted by Gasteiger charge is 2.17. The van der Waals surface area contributed by atoms with Crippen LogP contribution >= 0.6 is 11.3 Å². The third-order valence-electron chi connectivity index (χ3n) is 4.70. The molecule has 140 valence electrons. The summed E-state index contributed by atoms with van der Waals surface area (Å²) in [4.78, 5) is 30.4. The molecule has 5 rings (SSSR count). The fraction of sp³-hybridized carbons (Fsp3) is 0. The molecule has 0 spiro atoms. The Morgan fingerprint density at radius 2 is 1.62 bits per heavy atom. The minimum Gasteiger partial charge on any atom is -0.315 e. The number of carbonyl (C=O) groups is 1. The molecule has 0 saturated carbocycles. The summed E-state index contributed by atoms with van der Waals surface area (Å²) in [5.74, 6) is -0.468. The zero-order valence-electron chi connectivity index (χ0n) is 15.2. The van der Waals surface area contributed by atoms with Gasteiger partial charge in [0.05, 0.1) is 15.7 Å². The topological polar surface area (TPSA) is 64.0 Å². The molecule has 0 aliphatic carbocycles. The van der Waals surface area contributed by atoms with Gasteiger partial charge >= 0.3 is 0 Å². The lowest BCUT2D eigenvalue weighted by molar-refractivity contribution is 0.102. The van der Waals surface area contributed by atoms with Gasteiger partial charge in [-0.3, -0.25) is 14.9 Å². The van der Waals surface area contributed by atoms with E-state index >= 15 is 0 Å². The molecule has 5 nitrogen and oxygen atoms in total. The average molecular weight is 397 g/mol. The fourth-order valence-electron chi connectivity index (χ4n) is 3.33. The molecule has 0 saturated heterocycles. The van der Waals surface area contributed by atoms with Crippen LogP contribution in [0.15, 0.2) is 89.9 Å². The van der Waals surface area contributed by atoms with E-state index in [2.05, 4.69) is 10.3 Å². The quantitative estimate of drug-likeness (QED) is 0.473. The van der Waals surface area contributed by atoms with Gasteiger partial charge in [0.15, 0.2) is 5.13 Å². The first kappa shape index (κ1) is 17.3. The minimum absolute atomic E-state index is 0.0757. The van der Waals surface area contributed by atoms with E-state index in [1.54, 1.807) is 18.3 Å². The number of rotatable bonds is 3. The van der Waals surface area contributed by atoms with Crippen LogP contribution in [0.3, 0.4) is 0 Å². The van der Waals surface area contributed by atoms with E-state index in [1.807, 2.05) is 71.3 Å². The number of thiazole rings is 1. The highest BCUT2D eigenvalue weighted by atomic mass is 32.1. The molecular weight excluding hydrogens is 382 g/mol. The lowest BCUT2D eigenvalue weighted by Crippen LogP contribution is -2.23. The maximum atomic E-state index is 13.0. The summed E-state index contributed by atoms with van der Waals surface area (Å²) in [5, 5.41) is 3.75. The number of carbonyl (C=O) groups excluding carboxylic acids is 1. The first-order valence-electron chi connectivity index (χ1n) is 9.07. The molecule has 2 aromatic heterocycles. The summed E-state index contributed by atoms with van der Waals surface area (Å²) in [6.45, 7) is 0. The minimum atomic E-state index is -0.468. The fourth-order valence-corrected chi connectivity index (χ4v) is 4.19. The molecule has 0 fully saturated rings. The highest BCUT2D eigenvalue weighted by Crippen LogP contribution is 2.26. The summed E-state index contributed by atoms with van der Waals surface area (Å²) < 4.78 is 2.84. The first-order chi connectivity index (χ1) is 14.2. The van der Waals surface area contributed by atoms with Crippen molar-refractivity contribution in [2.45, 2.75) is 0 Å². The van der Waals surface area contributed by atoms with Gasteiger partial charge in [0.1, 0.15) is 5.56 Å². The molecule has 1 amide bonds. The van der Waals surface area contributed by atoms with Crippen LogP contribution in [0.2, 0.25) is 0 Å². The molecule has 1 N–H and O–H groups in total. The number of aromatic nitrogens is 2. The number of pyridine rings is 1. The van der Waals surface area contributed by atoms with E-state index < -0.39 is 5.91 Å². The maximum absolute atomic E-state index is 13.0. The molecule has 3 aromatic carbocycles. The van der Waals surface area contributed by atoms with Gasteiger partial charge < -0.3 is 4.57 Å². The molecular formula is C23H15N3O2S. The van der Waals surface area contributed by atoms with Gasteiger partial charge in [0.2, 0.25) is 5.43 Å². The van der Waals surface area contributed by atoms with Crippen molar-refractivity contribution in [3.63, 3.8) is 0 Å². The zero-order chi connectivity index (χ0) is 19.8. The van der Waals surface area contributed by atoms with Gasteiger partial charge in [-0.25, -0.2) is 4.98 Å². The highest BCUT2D eigenvalue weighted by molar-refractivity contribution is 7.22. The number of nitrogens with zero attached hydrogens (tertiary/aromatic N) is 2. The van der Waals surface area contributed by atoms with Crippen molar-refractivity contribution in [3.05, 3.63) is 101 Å². The molecule has 0 atom stereocenters. The molecule has 5 aromatic rings. The summed E-state index contributed by atoms with van der Waals surface area (Å²) in [5.41, 5.74) is 2.21. The molecule has 0 aliphatic rings. The zero-order valence-corrected chi connectivity index (χ0v) is 16.0. The van der Waals surface area contributed by atoms with Crippen molar-refractivity contribution in [1.82, 2.24) is 9.55 Å². The van der Waals surface area contributed by atoms with Gasteiger partial charge in [-0.05, 0) is 36.4 Å². The van der Waals surface area contributed by atoms with Crippen LogP contribution in [-0.4, -0.2) is 15.5 Å². The Balaban J connectivity index is 1.63. The van der Waals surface area contributed by atoms with Crippen LogP contribution in [0.1, 0.15) is 10.4 Å². The second-order valence-corrected chi connectivity index (χ2v) is 7.57. The molecule has 6 heteroatoms. The van der Waals surface area contributed by atoms with Gasteiger partial charge in [-0.2, -0.15) is 0 Å². The van der Waals surface area contributed by atoms with E-state index in [4.69, 9.17) is 0 Å². The molecule has 29 heavy (non-hydrogen) atoms. The molecule has 0 bridgehead atoms. The van der Waals surface area contributed by atoms with Crippen LogP contribution < -0.4 is 10.7 Å². The summed E-state index contributed by atoms with van der Waals surface area (Å²) >= 11 is 1.38. The number of amides is 1. The SMILES string of the molecule is O=C(Nc1nc2ccccc2s1)c1cn(-c2ccccc2)c2ccccc2c1=O. The number of hydrogen-bond acceptors (Lipinski definition) is 4. The predicted molar refractivity (Wildman–Crippen MR) is 117 cm³/mol. The van der Waals surface area contributed by atoms with Crippen LogP contribution in [-0.2, 0) is 0 Å². The monoisotopic (exact) mass is 397 g/mol. The van der Waals surface area contributed by atoms with E-state index in [-0.39, 0.29) is 11.0 Å². The van der Waals surface area contributed by atoms with Crippen molar-refractivity contribution < 1.29 is 4.79 Å². The standard InChI is InChI=1S/C23H15N3O2S/c27-21-16-10-4-6-12-19(16)26(15-8-2-1-3-9-15)14-17(21)22(28)25-23-24-18-11-5-7-13-20(18)29-23/h1-14H,(H,24,25,28). The average Bonchev–Trinajstić information content (AvgIpc) is 3.17. The molecule has 0 aliphatic heterocycles. The lowest BCUT2D eigenvalue weighted by Gasteiger charge is -2.13. The summed E-state index contributed by atoms with van der Waals surface area (Å²) in [6, 6.07) is 24.6. The third kappa shape index (κ3) is 3.09. The smallest absolute Gasteiger partial charge is 0.262 e. The molecule has 2 heterocycles. The molecule has 0 radical (unpaired) electrons. The maximum Gasteiger partial charge on any atom is 0.262 e. The van der Waals surface area contributed by atoms with Crippen molar-refractivity contribution in [1.29, 1.82) is 0 Å². The van der Waals surface area contributed by atoms with Crippen molar-refractivity contribution in [2.24, 2.45) is 0 Å². The normalized spacial score (nSPS) is 11.0. The Labute approximate surface area is 169 Å². The summed E-state index contributed by atoms with van der Waals surface area (Å²) in [7, 11) is 0. The Hall–Kier alpha value is -3.77. The van der Waals surface area contributed by atoms with Gasteiger partial charge in [0, 0.05) is 17.3 Å². The van der Waals surface area contributed by atoms with Gasteiger partial charge in [-0.1, -0.05) is 53.8 Å². The van der Waals surface area contributed by atoms with E-state index in [0.29, 0.717) is 10.5 Å². The predicted octanol–water partition coefficient (Wildman–Crippen LogP) is 4.85. The number of fused-ring (bicyclic) bond motifs is 2. The number of anilines is 1. The van der Waals surface area contributed by atoms with E-state index in [0.717, 1.165) is 21.4 Å². The Kier molecular flexibility index (Phi) is 4.18. The Morgan fingerprint density at radius 3 is 2.45 bits per heavy atom. The number of nitrogens with one attached hydrogen (secondary N) is 1. The largest absolute Gasteiger partial charge is 0.315 e. The Bertz CT molecular complexity index is 1390. The van der Waals surface area contributed by atoms with Crippen LogP contribution in [0.4, 0.5) is 5.13 Å². The summed E-state index contributed by atoms with van der Waals surface area (Å²) in [6.07, 6.45) is 1.60. The van der Waals surface area contributed by atoms with E-state index in [9.17, 15) is 9.59 Å². The number of para-hydroxylation sites is 3.